The van der Waals surface area contributed by atoms with Gasteiger partial charge in [0, 0.05) is 12.6 Å². The zero-order valence-corrected chi connectivity index (χ0v) is 16.8. The molecule has 2 heterocycles. The molecule has 1 saturated heterocycles. The fraction of sp³-hybridized carbons (Fsp3) is 0.500. The first-order valence-electron chi connectivity index (χ1n) is 10.3. The number of hydrogen-bond donors (Lipinski definition) is 0. The first-order valence-corrected chi connectivity index (χ1v) is 10.3. The van der Waals surface area contributed by atoms with Gasteiger partial charge in [-0.1, -0.05) is 31.0 Å². The van der Waals surface area contributed by atoms with Crippen molar-refractivity contribution in [1.29, 1.82) is 0 Å². The number of amides is 1. The van der Waals surface area contributed by atoms with Crippen molar-refractivity contribution in [2.24, 2.45) is 5.92 Å². The van der Waals surface area contributed by atoms with Gasteiger partial charge in [-0.2, -0.15) is 5.10 Å². The second-order valence-electron chi connectivity index (χ2n) is 7.74. The van der Waals surface area contributed by atoms with E-state index >= 15 is 0 Å². The Hall–Kier alpha value is -2.83. The zero-order valence-electron chi connectivity index (χ0n) is 16.8. The molecule has 0 radical (unpaired) electrons. The number of likely N-dealkylation sites (tertiary alicyclic amines) is 1. The van der Waals surface area contributed by atoms with Crippen molar-refractivity contribution in [2.45, 2.75) is 44.6 Å². The zero-order chi connectivity index (χ0) is 20.2. The van der Waals surface area contributed by atoms with Crippen molar-refractivity contribution < 1.29 is 19.1 Å². The SMILES string of the molecule is COc1cn(-c2ccccc2)nc1C(=O)OCC(=O)N1CCC[C@@H]2CCCC[C@H]21. The highest BCUT2D eigenvalue weighted by molar-refractivity contribution is 5.92. The third kappa shape index (κ3) is 4.13. The molecule has 1 aromatic heterocycles. The van der Waals surface area contributed by atoms with Crippen LogP contribution in [0.4, 0.5) is 0 Å². The number of carbonyl (C=O) groups excluding carboxylic acids is 2. The highest BCUT2D eigenvalue weighted by Crippen LogP contribution is 2.35. The first-order chi connectivity index (χ1) is 14.2. The lowest BCUT2D eigenvalue weighted by molar-refractivity contribution is -0.140. The van der Waals surface area contributed by atoms with E-state index in [0.717, 1.165) is 25.1 Å². The van der Waals surface area contributed by atoms with Gasteiger partial charge in [0.1, 0.15) is 0 Å². The number of hydrogen-bond acceptors (Lipinski definition) is 5. The Kier molecular flexibility index (Phi) is 5.83. The maximum Gasteiger partial charge on any atom is 0.363 e. The molecule has 154 valence electrons. The average Bonchev–Trinajstić information content (AvgIpc) is 3.22. The molecule has 2 aliphatic rings. The number of benzene rings is 1. The summed E-state index contributed by atoms with van der Waals surface area (Å²) in [5.41, 5.74) is 0.871. The van der Waals surface area contributed by atoms with Crippen molar-refractivity contribution >= 4 is 11.9 Å². The van der Waals surface area contributed by atoms with Gasteiger partial charge in [0.05, 0.1) is 19.0 Å². The monoisotopic (exact) mass is 397 g/mol. The lowest BCUT2D eigenvalue weighted by Crippen LogP contribution is -2.50. The minimum Gasteiger partial charge on any atom is -0.493 e. The quantitative estimate of drug-likeness (QED) is 0.725. The minimum absolute atomic E-state index is 0.0679. The molecule has 7 nitrogen and oxygen atoms in total. The summed E-state index contributed by atoms with van der Waals surface area (Å²) in [6.45, 7) is 0.493. The number of carbonyl (C=O) groups is 2. The Morgan fingerprint density at radius 1 is 1.10 bits per heavy atom. The van der Waals surface area contributed by atoms with E-state index in [2.05, 4.69) is 5.10 Å². The van der Waals surface area contributed by atoms with E-state index in [0.29, 0.717) is 17.7 Å². The molecule has 0 unspecified atom stereocenters. The number of methoxy groups -OCH3 is 1. The summed E-state index contributed by atoms with van der Waals surface area (Å²) in [6.07, 6.45) is 8.52. The average molecular weight is 397 g/mol. The molecule has 2 aromatic rings. The Labute approximate surface area is 170 Å². The number of ether oxygens (including phenoxy) is 2. The second kappa shape index (κ2) is 8.68. The molecule has 0 N–H and O–H groups in total. The van der Waals surface area contributed by atoms with Crippen LogP contribution < -0.4 is 4.74 Å². The third-order valence-corrected chi connectivity index (χ3v) is 6.00. The van der Waals surface area contributed by atoms with E-state index in [1.54, 1.807) is 10.9 Å². The molecule has 7 heteroatoms. The Morgan fingerprint density at radius 2 is 1.86 bits per heavy atom. The molecule has 2 fully saturated rings. The molecular formula is C22H27N3O4. The van der Waals surface area contributed by atoms with Gasteiger partial charge in [-0.05, 0) is 43.7 Å². The lowest BCUT2D eigenvalue weighted by Gasteiger charge is -2.44. The molecule has 29 heavy (non-hydrogen) atoms. The van der Waals surface area contributed by atoms with E-state index in [1.807, 2.05) is 35.2 Å². The van der Waals surface area contributed by atoms with Crippen LogP contribution in [-0.2, 0) is 9.53 Å². The largest absolute Gasteiger partial charge is 0.493 e. The highest BCUT2D eigenvalue weighted by Gasteiger charge is 2.36. The molecule has 2 atom stereocenters. The first kappa shape index (κ1) is 19.5. The van der Waals surface area contributed by atoms with Crippen LogP contribution in [0.1, 0.15) is 49.0 Å². The standard InChI is InChI=1S/C22H27N3O4/c1-28-19-14-25(17-10-3-2-4-11-17)23-21(19)22(27)29-15-20(26)24-13-7-9-16-8-5-6-12-18(16)24/h2-4,10-11,14,16,18H,5-9,12-13,15H2,1H3/t16-,18+/m0/s1. The van der Waals surface area contributed by atoms with E-state index < -0.39 is 5.97 Å². The van der Waals surface area contributed by atoms with Gasteiger partial charge in [-0.15, -0.1) is 0 Å². The maximum atomic E-state index is 12.8. The molecule has 1 aliphatic heterocycles. The molecule has 1 amide bonds. The van der Waals surface area contributed by atoms with E-state index in [4.69, 9.17) is 9.47 Å². The van der Waals surface area contributed by atoms with Crippen molar-refractivity contribution in [3.8, 4) is 11.4 Å². The normalized spacial score (nSPS) is 21.3. The number of rotatable bonds is 5. The third-order valence-electron chi connectivity index (χ3n) is 6.00. The minimum atomic E-state index is -0.651. The van der Waals surface area contributed by atoms with Crippen molar-refractivity contribution in [3.05, 3.63) is 42.2 Å². The number of aromatic nitrogens is 2. The molecule has 1 aliphatic carbocycles. The van der Waals surface area contributed by atoms with Crippen LogP contribution in [0.2, 0.25) is 0 Å². The van der Waals surface area contributed by atoms with Gasteiger partial charge < -0.3 is 14.4 Å². The van der Waals surface area contributed by atoms with Crippen LogP contribution in [0, 0.1) is 5.92 Å². The Balaban J connectivity index is 1.42. The van der Waals surface area contributed by atoms with Gasteiger partial charge >= 0.3 is 5.97 Å². The lowest BCUT2D eigenvalue weighted by atomic mass is 9.78. The molecule has 4 rings (SSSR count). The van der Waals surface area contributed by atoms with E-state index in [-0.39, 0.29) is 18.2 Å². The van der Waals surface area contributed by atoms with Gasteiger partial charge in [-0.3, -0.25) is 4.79 Å². The number of piperidine rings is 1. The maximum absolute atomic E-state index is 12.8. The summed E-state index contributed by atoms with van der Waals surface area (Å²) >= 11 is 0. The fourth-order valence-electron chi connectivity index (χ4n) is 4.57. The van der Waals surface area contributed by atoms with Gasteiger partial charge in [0.15, 0.2) is 12.4 Å². The second-order valence-corrected chi connectivity index (χ2v) is 7.74. The van der Waals surface area contributed by atoms with Crippen LogP contribution in [0.5, 0.6) is 5.75 Å². The summed E-state index contributed by atoms with van der Waals surface area (Å²) in [7, 11) is 1.48. The predicted molar refractivity (Wildman–Crippen MR) is 107 cm³/mol. The summed E-state index contributed by atoms with van der Waals surface area (Å²) in [5, 5.41) is 4.30. The summed E-state index contributed by atoms with van der Waals surface area (Å²) in [4.78, 5) is 27.3. The van der Waals surface area contributed by atoms with Gasteiger partial charge in [0.2, 0.25) is 5.69 Å². The van der Waals surface area contributed by atoms with Crippen molar-refractivity contribution in [2.75, 3.05) is 20.3 Å². The van der Waals surface area contributed by atoms with Gasteiger partial charge in [0.25, 0.3) is 5.91 Å². The molecule has 1 saturated carbocycles. The smallest absolute Gasteiger partial charge is 0.363 e. The molecular weight excluding hydrogens is 370 g/mol. The summed E-state index contributed by atoms with van der Waals surface area (Å²) in [5.74, 6) is 0.147. The number of fused-ring (bicyclic) bond motifs is 1. The topological polar surface area (TPSA) is 73.7 Å². The van der Waals surface area contributed by atoms with Gasteiger partial charge in [-0.25, -0.2) is 9.48 Å². The molecule has 1 aromatic carbocycles. The van der Waals surface area contributed by atoms with E-state index in [1.165, 1.54) is 32.8 Å². The molecule has 0 spiro atoms. The highest BCUT2D eigenvalue weighted by atomic mass is 16.5. The van der Waals surface area contributed by atoms with Crippen LogP contribution >= 0.6 is 0 Å². The van der Waals surface area contributed by atoms with Crippen LogP contribution in [0.3, 0.4) is 0 Å². The Morgan fingerprint density at radius 3 is 2.66 bits per heavy atom. The van der Waals surface area contributed by atoms with Crippen molar-refractivity contribution in [3.63, 3.8) is 0 Å². The van der Waals surface area contributed by atoms with Crippen LogP contribution in [0.15, 0.2) is 36.5 Å². The number of nitrogens with zero attached hydrogens (tertiary/aromatic N) is 3. The Bertz CT molecular complexity index is 862. The van der Waals surface area contributed by atoms with Crippen LogP contribution in [0.25, 0.3) is 5.69 Å². The predicted octanol–water partition coefficient (Wildman–Crippen LogP) is 3.22. The van der Waals surface area contributed by atoms with Crippen molar-refractivity contribution in [1.82, 2.24) is 14.7 Å². The number of para-hydroxylation sites is 1. The van der Waals surface area contributed by atoms with E-state index in [9.17, 15) is 9.59 Å². The van der Waals surface area contributed by atoms with Crippen LogP contribution in [-0.4, -0.2) is 52.9 Å². The summed E-state index contributed by atoms with van der Waals surface area (Å²) < 4.78 is 12.2. The number of esters is 1. The molecule has 0 bridgehead atoms. The summed E-state index contributed by atoms with van der Waals surface area (Å²) in [6, 6.07) is 9.73. The fourth-order valence-corrected chi connectivity index (χ4v) is 4.57.